The van der Waals surface area contributed by atoms with Crippen molar-refractivity contribution in [2.24, 2.45) is 0 Å². The first-order valence-corrected chi connectivity index (χ1v) is 11.4. The zero-order valence-corrected chi connectivity index (χ0v) is 17.6. The molecule has 0 aliphatic heterocycles. The van der Waals surface area contributed by atoms with Crippen molar-refractivity contribution in [3.05, 3.63) is 58.9 Å². The molecule has 29 heavy (non-hydrogen) atoms. The van der Waals surface area contributed by atoms with Gasteiger partial charge in [-0.2, -0.15) is 5.26 Å². The largest absolute Gasteiger partial charge is 0.284 e. The maximum Gasteiger partial charge on any atom is 0.232 e. The van der Waals surface area contributed by atoms with E-state index >= 15 is 0 Å². The molecule has 0 atom stereocenters. The summed E-state index contributed by atoms with van der Waals surface area (Å²) in [5, 5.41) is 11.3. The number of pyridine rings is 1. The Kier molecular flexibility index (Phi) is 6.01. The zero-order valence-electron chi connectivity index (χ0n) is 16.8. The first-order chi connectivity index (χ1) is 14.2. The SMILES string of the molecule is CCCc1ccc(C#N)c(SCCC(=O)n2c3c(c4ccccc42)CCCC3)n1. The molecule has 0 amide bonds. The molecular weight excluding hydrogens is 378 g/mol. The number of para-hydroxylation sites is 1. The van der Waals surface area contributed by atoms with Crippen LogP contribution in [0.25, 0.3) is 10.9 Å². The fourth-order valence-electron chi connectivity index (χ4n) is 4.20. The first-order valence-electron chi connectivity index (χ1n) is 10.4. The van der Waals surface area contributed by atoms with Gasteiger partial charge in [-0.1, -0.05) is 31.5 Å². The summed E-state index contributed by atoms with van der Waals surface area (Å²) in [4.78, 5) is 17.8. The van der Waals surface area contributed by atoms with Gasteiger partial charge in [0.05, 0.1) is 11.1 Å². The Hall–Kier alpha value is -2.58. The lowest BCUT2D eigenvalue weighted by Gasteiger charge is -2.15. The number of carbonyl (C=O) groups excluding carboxylic acids is 1. The highest BCUT2D eigenvalue weighted by molar-refractivity contribution is 7.99. The van der Waals surface area contributed by atoms with Crippen LogP contribution in [0.2, 0.25) is 0 Å². The Balaban J connectivity index is 1.53. The van der Waals surface area contributed by atoms with Crippen LogP contribution in [-0.4, -0.2) is 21.2 Å². The van der Waals surface area contributed by atoms with Gasteiger partial charge in [0.2, 0.25) is 5.91 Å². The van der Waals surface area contributed by atoms with Crippen LogP contribution >= 0.6 is 11.8 Å². The fraction of sp³-hybridized carbons (Fsp3) is 0.375. The summed E-state index contributed by atoms with van der Waals surface area (Å²) in [6, 6.07) is 14.3. The minimum atomic E-state index is 0.139. The van der Waals surface area contributed by atoms with E-state index in [2.05, 4.69) is 36.2 Å². The van der Waals surface area contributed by atoms with Crippen LogP contribution in [0, 0.1) is 11.3 Å². The number of nitriles is 1. The van der Waals surface area contributed by atoms with E-state index in [0.717, 1.165) is 48.3 Å². The van der Waals surface area contributed by atoms with Crippen molar-refractivity contribution in [3.63, 3.8) is 0 Å². The normalized spacial score (nSPS) is 13.2. The van der Waals surface area contributed by atoms with E-state index in [0.29, 0.717) is 17.7 Å². The Morgan fingerprint density at radius 1 is 1.21 bits per heavy atom. The summed E-state index contributed by atoms with van der Waals surface area (Å²) in [7, 11) is 0. The van der Waals surface area contributed by atoms with Gasteiger partial charge in [-0.3, -0.25) is 9.36 Å². The highest BCUT2D eigenvalue weighted by Gasteiger charge is 2.23. The Morgan fingerprint density at radius 2 is 2.03 bits per heavy atom. The molecule has 4 rings (SSSR count). The molecular formula is C24H25N3OS. The van der Waals surface area contributed by atoms with E-state index in [4.69, 9.17) is 0 Å². The second-order valence-electron chi connectivity index (χ2n) is 7.49. The van der Waals surface area contributed by atoms with E-state index in [9.17, 15) is 10.1 Å². The minimum Gasteiger partial charge on any atom is -0.284 e. The fourth-order valence-corrected chi connectivity index (χ4v) is 5.12. The van der Waals surface area contributed by atoms with Gasteiger partial charge in [-0.15, -0.1) is 11.8 Å². The third-order valence-corrected chi connectivity index (χ3v) is 6.52. The predicted molar refractivity (Wildman–Crippen MR) is 117 cm³/mol. The standard InChI is InChI=1S/C24H25N3OS/c1-2-7-18-13-12-17(16-25)24(26-18)29-15-14-23(28)27-21-10-5-3-8-19(21)20-9-4-6-11-22(20)27/h3,5,8,10,12-13H,2,4,6-7,9,11,14-15H2,1H3. The number of carbonyl (C=O) groups is 1. The monoisotopic (exact) mass is 403 g/mol. The van der Waals surface area contributed by atoms with Crippen LogP contribution in [0.15, 0.2) is 41.4 Å². The Bertz CT molecular complexity index is 1090. The molecule has 2 aromatic heterocycles. The molecule has 1 aliphatic carbocycles. The zero-order chi connectivity index (χ0) is 20.2. The van der Waals surface area contributed by atoms with E-state index in [1.54, 1.807) is 0 Å². The van der Waals surface area contributed by atoms with Crippen molar-refractivity contribution < 1.29 is 4.79 Å². The van der Waals surface area contributed by atoms with Crippen LogP contribution in [0.5, 0.6) is 0 Å². The molecule has 148 valence electrons. The van der Waals surface area contributed by atoms with Gasteiger partial charge < -0.3 is 0 Å². The summed E-state index contributed by atoms with van der Waals surface area (Å²) in [6.45, 7) is 2.12. The molecule has 0 saturated carbocycles. The van der Waals surface area contributed by atoms with E-state index < -0.39 is 0 Å². The van der Waals surface area contributed by atoms with Gasteiger partial charge in [-0.05, 0) is 55.9 Å². The number of nitrogens with zero attached hydrogens (tertiary/aromatic N) is 3. The lowest BCUT2D eigenvalue weighted by atomic mass is 9.95. The van der Waals surface area contributed by atoms with Crippen molar-refractivity contribution in [1.29, 1.82) is 5.26 Å². The maximum absolute atomic E-state index is 13.2. The highest BCUT2D eigenvalue weighted by Crippen LogP contribution is 2.32. The topological polar surface area (TPSA) is 58.7 Å². The summed E-state index contributed by atoms with van der Waals surface area (Å²) < 4.78 is 1.95. The van der Waals surface area contributed by atoms with Crippen LogP contribution in [-0.2, 0) is 19.3 Å². The van der Waals surface area contributed by atoms with Gasteiger partial charge in [0, 0.05) is 28.9 Å². The molecule has 5 heteroatoms. The average molecular weight is 404 g/mol. The molecule has 1 aromatic carbocycles. The quantitative estimate of drug-likeness (QED) is 0.506. The summed E-state index contributed by atoms with van der Waals surface area (Å²) in [5.74, 6) is 0.761. The maximum atomic E-state index is 13.2. The van der Waals surface area contributed by atoms with Crippen molar-refractivity contribution >= 4 is 28.6 Å². The molecule has 0 N–H and O–H groups in total. The van der Waals surface area contributed by atoms with Crippen LogP contribution in [0.3, 0.4) is 0 Å². The summed E-state index contributed by atoms with van der Waals surface area (Å²) in [6.07, 6.45) is 6.73. The van der Waals surface area contributed by atoms with Crippen molar-refractivity contribution in [3.8, 4) is 6.07 Å². The van der Waals surface area contributed by atoms with Crippen molar-refractivity contribution in [2.45, 2.75) is 56.9 Å². The van der Waals surface area contributed by atoms with Crippen LogP contribution < -0.4 is 0 Å². The van der Waals surface area contributed by atoms with Crippen molar-refractivity contribution in [1.82, 2.24) is 9.55 Å². The van der Waals surface area contributed by atoms with Crippen molar-refractivity contribution in [2.75, 3.05) is 5.75 Å². The molecule has 0 spiro atoms. The van der Waals surface area contributed by atoms with Gasteiger partial charge in [-0.25, -0.2) is 4.98 Å². The number of benzene rings is 1. The van der Waals surface area contributed by atoms with Crippen LogP contribution in [0.4, 0.5) is 0 Å². The highest BCUT2D eigenvalue weighted by atomic mass is 32.2. The lowest BCUT2D eigenvalue weighted by Crippen LogP contribution is -2.16. The number of aryl methyl sites for hydroxylation is 2. The van der Waals surface area contributed by atoms with E-state index in [1.807, 2.05) is 22.8 Å². The Labute approximate surface area is 175 Å². The second kappa shape index (κ2) is 8.84. The number of aromatic nitrogens is 2. The van der Waals surface area contributed by atoms with Gasteiger partial charge in [0.25, 0.3) is 0 Å². The molecule has 0 saturated heterocycles. The summed E-state index contributed by atoms with van der Waals surface area (Å²) in [5.41, 5.74) is 5.19. The second-order valence-corrected chi connectivity index (χ2v) is 8.58. The van der Waals surface area contributed by atoms with Gasteiger partial charge >= 0.3 is 0 Å². The number of rotatable bonds is 6. The summed E-state index contributed by atoms with van der Waals surface area (Å²) >= 11 is 1.51. The van der Waals surface area contributed by atoms with E-state index in [1.165, 1.54) is 34.8 Å². The minimum absolute atomic E-state index is 0.139. The number of thioether (sulfide) groups is 1. The average Bonchev–Trinajstić information content (AvgIpc) is 3.09. The molecule has 4 nitrogen and oxygen atoms in total. The molecule has 0 radical (unpaired) electrons. The lowest BCUT2D eigenvalue weighted by molar-refractivity contribution is 0.0912. The Morgan fingerprint density at radius 3 is 2.86 bits per heavy atom. The molecule has 2 heterocycles. The molecule has 1 aliphatic rings. The van der Waals surface area contributed by atoms with Crippen LogP contribution in [0.1, 0.15) is 59.9 Å². The van der Waals surface area contributed by atoms with Gasteiger partial charge in [0.15, 0.2) is 0 Å². The smallest absolute Gasteiger partial charge is 0.232 e. The van der Waals surface area contributed by atoms with Gasteiger partial charge in [0.1, 0.15) is 11.1 Å². The number of hydrogen-bond acceptors (Lipinski definition) is 4. The number of fused-ring (bicyclic) bond motifs is 3. The van der Waals surface area contributed by atoms with E-state index in [-0.39, 0.29) is 5.91 Å². The third-order valence-electron chi connectivity index (χ3n) is 5.53. The molecule has 3 aromatic rings. The molecule has 0 unspecified atom stereocenters. The molecule has 0 fully saturated rings. The number of hydrogen-bond donors (Lipinski definition) is 0. The first kappa shape index (κ1) is 19.7. The predicted octanol–water partition coefficient (Wildman–Crippen LogP) is 5.56. The molecule has 0 bridgehead atoms. The third kappa shape index (κ3) is 3.95.